The average molecular weight is 699 g/mol. The summed E-state index contributed by atoms with van der Waals surface area (Å²) in [6.07, 6.45) is -3.32. The van der Waals surface area contributed by atoms with Crippen molar-refractivity contribution in [2.24, 2.45) is 0 Å². The monoisotopic (exact) mass is 698 g/mol. The van der Waals surface area contributed by atoms with Gasteiger partial charge in [-0.05, 0) is 30.1 Å². The van der Waals surface area contributed by atoms with Crippen molar-refractivity contribution in [3.05, 3.63) is 39.8 Å². The molecule has 0 spiro atoms. The Morgan fingerprint density at radius 1 is 1.40 bits per heavy atom. The number of aromatic amines is 1. The molecule has 0 saturated carbocycles. The molecule has 0 amide bonds. The van der Waals surface area contributed by atoms with Crippen molar-refractivity contribution < 1.29 is 32.3 Å². The SMILES string of the molecule is Nc1nc2ncn([C@@H]3O[C@H](COC=S)[C@@H](F)[C@H]3OP(O)(=S)OCc3nc4cc(Cl)cnc4n3CCOPS)c2c(=O)[nH]1. The zero-order chi connectivity index (χ0) is 30.0. The van der Waals surface area contributed by atoms with Gasteiger partial charge in [-0.2, -0.15) is 4.98 Å². The van der Waals surface area contributed by atoms with Gasteiger partial charge in [0.25, 0.3) is 5.56 Å². The van der Waals surface area contributed by atoms with Crippen molar-refractivity contribution in [3.63, 3.8) is 0 Å². The van der Waals surface area contributed by atoms with Gasteiger partial charge < -0.3 is 33.7 Å². The number of alkyl halides is 1. The molecule has 0 radical (unpaired) electrons. The summed E-state index contributed by atoms with van der Waals surface area (Å²) in [7, 11) is -0.0252. The molecule has 1 saturated heterocycles. The van der Waals surface area contributed by atoms with Crippen LogP contribution in [0.1, 0.15) is 12.1 Å². The van der Waals surface area contributed by atoms with Gasteiger partial charge in [-0.3, -0.25) is 18.9 Å². The van der Waals surface area contributed by atoms with Gasteiger partial charge in [0.15, 0.2) is 29.2 Å². The molecule has 0 bridgehead atoms. The Kier molecular flexibility index (Phi) is 10.1. The van der Waals surface area contributed by atoms with E-state index < -0.39 is 36.9 Å². The van der Waals surface area contributed by atoms with E-state index >= 15 is 4.39 Å². The number of rotatable bonds is 13. The van der Waals surface area contributed by atoms with E-state index in [2.05, 4.69) is 49.4 Å². The van der Waals surface area contributed by atoms with E-state index in [0.29, 0.717) is 35.2 Å². The van der Waals surface area contributed by atoms with Gasteiger partial charge in [-0.15, -0.1) is 12.2 Å². The Hall–Kier alpha value is -1.89. The summed E-state index contributed by atoms with van der Waals surface area (Å²) in [6, 6.07) is 1.62. The number of anilines is 1. The third-order valence-corrected chi connectivity index (χ3v) is 8.65. The summed E-state index contributed by atoms with van der Waals surface area (Å²) in [5.74, 6) is 0.172. The van der Waals surface area contributed by atoms with Crippen LogP contribution in [0.4, 0.5) is 10.3 Å². The summed E-state index contributed by atoms with van der Waals surface area (Å²) in [5.41, 5.74) is 6.81. The Bertz CT molecular complexity index is 1710. The van der Waals surface area contributed by atoms with E-state index in [1.165, 1.54) is 17.1 Å². The Morgan fingerprint density at radius 2 is 2.21 bits per heavy atom. The van der Waals surface area contributed by atoms with Crippen LogP contribution in [0.15, 0.2) is 23.4 Å². The van der Waals surface area contributed by atoms with E-state index in [9.17, 15) is 9.69 Å². The number of fused-ring (bicyclic) bond motifs is 2. The fraction of sp³-hybridized carbons (Fsp3) is 0.400. The Morgan fingerprint density at radius 3 is 2.98 bits per heavy atom. The van der Waals surface area contributed by atoms with Crippen LogP contribution in [-0.4, -0.2) is 76.1 Å². The molecule has 0 aliphatic carbocycles. The second-order valence-electron chi connectivity index (χ2n) is 8.64. The molecule has 4 aromatic rings. The van der Waals surface area contributed by atoms with Gasteiger partial charge in [-0.1, -0.05) is 11.6 Å². The summed E-state index contributed by atoms with van der Waals surface area (Å²) >= 11 is 20.0. The van der Waals surface area contributed by atoms with Crippen LogP contribution in [0.2, 0.25) is 5.02 Å². The number of thiol groups is 1. The number of nitrogen functional groups attached to an aromatic ring is 1. The highest BCUT2D eigenvalue weighted by molar-refractivity contribution is 8.36. The largest absolute Gasteiger partial charge is 0.487 e. The normalized spacial score (nSPS) is 22.4. The highest BCUT2D eigenvalue weighted by Crippen LogP contribution is 2.51. The molecule has 4 N–H and O–H groups in total. The molecule has 22 heteroatoms. The Labute approximate surface area is 258 Å². The van der Waals surface area contributed by atoms with E-state index in [1.54, 1.807) is 10.6 Å². The van der Waals surface area contributed by atoms with Crippen LogP contribution in [0, 0.1) is 0 Å². The van der Waals surface area contributed by atoms with E-state index in [0.717, 1.165) is 5.55 Å². The van der Waals surface area contributed by atoms with Crippen molar-refractivity contribution in [2.75, 3.05) is 18.9 Å². The molecular weight excluding hydrogens is 677 g/mol. The van der Waals surface area contributed by atoms with E-state index in [1.807, 2.05) is 0 Å². The van der Waals surface area contributed by atoms with Crippen LogP contribution < -0.4 is 11.3 Å². The number of hydrogen-bond donors (Lipinski definition) is 4. The lowest BCUT2D eigenvalue weighted by molar-refractivity contribution is -0.0447. The molecule has 0 aromatic carbocycles. The van der Waals surface area contributed by atoms with Crippen LogP contribution >= 0.6 is 50.8 Å². The molecule has 5 rings (SSSR count). The zero-order valence-electron chi connectivity index (χ0n) is 21.1. The second-order valence-corrected chi connectivity index (χ2v) is 13.1. The number of thiocarbonyl (C=S) groups is 1. The smallest absolute Gasteiger partial charge is 0.325 e. The van der Waals surface area contributed by atoms with E-state index in [4.69, 9.17) is 52.2 Å². The van der Waals surface area contributed by atoms with Crippen molar-refractivity contribution >= 4 is 96.4 Å². The predicted octanol–water partition coefficient (Wildman–Crippen LogP) is 2.58. The fourth-order valence-electron chi connectivity index (χ4n) is 4.35. The first-order chi connectivity index (χ1) is 20.1. The first kappa shape index (κ1) is 31.5. The number of pyridine rings is 1. The number of imidazole rings is 2. The number of hydrogen-bond acceptors (Lipinski definition) is 14. The molecule has 5 heterocycles. The lowest BCUT2D eigenvalue weighted by Crippen LogP contribution is -2.32. The second kappa shape index (κ2) is 13.4. The van der Waals surface area contributed by atoms with Gasteiger partial charge in [0.05, 0.1) is 19.6 Å². The topological polar surface area (TPSA) is 187 Å². The summed E-state index contributed by atoms with van der Waals surface area (Å²) in [6.45, 7) is -4.15. The van der Waals surface area contributed by atoms with Crippen LogP contribution in [0.3, 0.4) is 0 Å². The van der Waals surface area contributed by atoms with Gasteiger partial charge in [-0.25, -0.2) is 19.3 Å². The van der Waals surface area contributed by atoms with Gasteiger partial charge >= 0.3 is 6.72 Å². The Balaban J connectivity index is 1.41. The number of nitrogens with zero attached hydrogens (tertiary/aromatic N) is 6. The average Bonchev–Trinajstić information content (AvgIpc) is 3.60. The highest BCUT2D eigenvalue weighted by atomic mass is 35.5. The van der Waals surface area contributed by atoms with Crippen LogP contribution in [0.5, 0.6) is 0 Å². The minimum absolute atomic E-state index is 0.0117. The lowest BCUT2D eigenvalue weighted by atomic mass is 10.1. The van der Waals surface area contributed by atoms with Crippen molar-refractivity contribution in [3.8, 4) is 0 Å². The van der Waals surface area contributed by atoms with Crippen molar-refractivity contribution in [2.45, 2.75) is 37.8 Å². The third-order valence-electron chi connectivity index (χ3n) is 6.05. The molecule has 42 heavy (non-hydrogen) atoms. The lowest BCUT2D eigenvalue weighted by Gasteiger charge is -2.25. The van der Waals surface area contributed by atoms with Crippen LogP contribution in [0.25, 0.3) is 22.3 Å². The molecule has 1 fully saturated rings. The van der Waals surface area contributed by atoms with Crippen molar-refractivity contribution in [1.29, 1.82) is 0 Å². The van der Waals surface area contributed by atoms with E-state index in [-0.39, 0.29) is 38.3 Å². The maximum absolute atomic E-state index is 15.7. The highest BCUT2D eigenvalue weighted by Gasteiger charge is 2.50. The minimum atomic E-state index is -4.17. The maximum atomic E-state index is 15.7. The standard InChI is InChI=1S/C20H22ClFN8O7P2S3/c21-9-3-10-17(24-4-9)29(1-2-34-38-41)12(26-10)6-35-39(32,42)37-15-13(22)11(5-33-8-40)36-19(15)30-7-25-16-14(30)18(31)28-20(23)27-16/h3-4,7-8,11,13,15,19,38,41H,1-2,5-6H2,(H,32,42)(H3,23,27,28,31)/t11-,13-,15-,19-,39?/m1/s1. The molecular formula is C20H22ClFN8O7P2S3. The third kappa shape index (κ3) is 6.76. The molecule has 226 valence electrons. The summed E-state index contributed by atoms with van der Waals surface area (Å²) < 4.78 is 46.1. The van der Waals surface area contributed by atoms with Crippen LogP contribution in [-0.2, 0) is 48.0 Å². The van der Waals surface area contributed by atoms with Gasteiger partial charge in [0.1, 0.15) is 48.6 Å². The number of nitrogens with two attached hydrogens (primary N) is 1. The maximum Gasteiger partial charge on any atom is 0.325 e. The summed E-state index contributed by atoms with van der Waals surface area (Å²) in [5, 5.41) is 0.375. The number of halogens is 2. The number of ether oxygens (including phenoxy) is 2. The fourth-order valence-corrected chi connectivity index (χ4v) is 6.36. The summed E-state index contributed by atoms with van der Waals surface area (Å²) in [4.78, 5) is 42.9. The van der Waals surface area contributed by atoms with Crippen molar-refractivity contribution in [1.82, 2.24) is 34.1 Å². The number of H-pyrrole nitrogens is 1. The molecule has 6 atom stereocenters. The first-order valence-electron chi connectivity index (χ1n) is 11.9. The quantitative estimate of drug-likeness (QED) is 0.0691. The number of nitrogens with one attached hydrogen (secondary N) is 1. The zero-order valence-corrected chi connectivity index (χ0v) is 26.2. The molecule has 4 aromatic heterocycles. The molecule has 1 aliphatic rings. The predicted molar refractivity (Wildman–Crippen MR) is 163 cm³/mol. The molecule has 1 aliphatic heterocycles. The number of aromatic nitrogens is 7. The van der Waals surface area contributed by atoms with Gasteiger partial charge in [0, 0.05) is 12.7 Å². The first-order valence-corrected chi connectivity index (χ1v) is 17.5. The van der Waals surface area contributed by atoms with Gasteiger partial charge in [0.2, 0.25) is 5.95 Å². The molecule has 15 nitrogen and oxygen atoms in total. The molecule has 2 unspecified atom stereocenters. The minimum Gasteiger partial charge on any atom is -0.487 e.